The van der Waals surface area contributed by atoms with Crippen LogP contribution >= 0.6 is 0 Å². The van der Waals surface area contributed by atoms with Gasteiger partial charge in [-0.1, -0.05) is 6.42 Å². The standard InChI is InChI=1S/C11H23N3O/c1-8(2)14-11(15)13-7-9-4-3-5-10(12)6-9/h8-10H,3-7,12H2,1-2H3,(H2,13,14,15). The Morgan fingerprint density at radius 1 is 1.47 bits per heavy atom. The molecular formula is C11H23N3O. The van der Waals surface area contributed by atoms with Crippen LogP contribution in [0.15, 0.2) is 0 Å². The van der Waals surface area contributed by atoms with Crippen molar-refractivity contribution < 1.29 is 4.79 Å². The van der Waals surface area contributed by atoms with Gasteiger partial charge in [0.2, 0.25) is 0 Å². The van der Waals surface area contributed by atoms with Gasteiger partial charge in [-0.2, -0.15) is 0 Å². The second-order valence-corrected chi connectivity index (χ2v) is 4.80. The van der Waals surface area contributed by atoms with Gasteiger partial charge in [-0.3, -0.25) is 0 Å². The fourth-order valence-corrected chi connectivity index (χ4v) is 2.07. The van der Waals surface area contributed by atoms with Gasteiger partial charge in [-0.05, 0) is 39.0 Å². The molecule has 2 atom stereocenters. The minimum atomic E-state index is -0.0656. The van der Waals surface area contributed by atoms with Crippen molar-refractivity contribution in [1.29, 1.82) is 0 Å². The summed E-state index contributed by atoms with van der Waals surface area (Å²) in [5, 5.41) is 5.71. The lowest BCUT2D eigenvalue weighted by Gasteiger charge is -2.26. The van der Waals surface area contributed by atoms with Gasteiger partial charge in [0.1, 0.15) is 0 Å². The van der Waals surface area contributed by atoms with E-state index in [0.717, 1.165) is 19.4 Å². The van der Waals surface area contributed by atoms with Gasteiger partial charge in [-0.15, -0.1) is 0 Å². The SMILES string of the molecule is CC(C)NC(=O)NCC1CCCC(N)C1. The van der Waals surface area contributed by atoms with Crippen molar-refractivity contribution in [3.8, 4) is 0 Å². The van der Waals surface area contributed by atoms with E-state index in [1.165, 1.54) is 12.8 Å². The van der Waals surface area contributed by atoms with Crippen LogP contribution in [0.2, 0.25) is 0 Å². The maximum atomic E-state index is 11.3. The van der Waals surface area contributed by atoms with Gasteiger partial charge in [0.05, 0.1) is 0 Å². The largest absolute Gasteiger partial charge is 0.338 e. The summed E-state index contributed by atoms with van der Waals surface area (Å²) in [6, 6.07) is 0.460. The summed E-state index contributed by atoms with van der Waals surface area (Å²) in [4.78, 5) is 11.3. The molecule has 0 heterocycles. The van der Waals surface area contributed by atoms with Crippen LogP contribution in [0.1, 0.15) is 39.5 Å². The molecule has 2 amide bonds. The molecule has 0 bridgehead atoms. The second-order valence-electron chi connectivity index (χ2n) is 4.80. The number of hydrogen-bond acceptors (Lipinski definition) is 2. The molecular weight excluding hydrogens is 190 g/mol. The molecule has 1 aliphatic carbocycles. The molecule has 4 nitrogen and oxygen atoms in total. The van der Waals surface area contributed by atoms with Gasteiger partial charge in [-0.25, -0.2) is 4.79 Å². The first kappa shape index (κ1) is 12.3. The third-order valence-corrected chi connectivity index (χ3v) is 2.79. The topological polar surface area (TPSA) is 67.2 Å². The number of nitrogens with two attached hydrogens (primary N) is 1. The van der Waals surface area contributed by atoms with E-state index in [0.29, 0.717) is 12.0 Å². The number of amides is 2. The van der Waals surface area contributed by atoms with Crippen LogP contribution in [0.4, 0.5) is 4.79 Å². The molecule has 0 saturated heterocycles. The lowest BCUT2D eigenvalue weighted by molar-refractivity contribution is 0.232. The molecule has 0 spiro atoms. The zero-order chi connectivity index (χ0) is 11.3. The van der Waals surface area contributed by atoms with Gasteiger partial charge in [0.25, 0.3) is 0 Å². The number of carbonyl (C=O) groups excluding carboxylic acids is 1. The van der Waals surface area contributed by atoms with E-state index in [4.69, 9.17) is 5.73 Å². The Morgan fingerprint density at radius 3 is 2.80 bits per heavy atom. The van der Waals surface area contributed by atoms with Crippen LogP contribution in [-0.4, -0.2) is 24.7 Å². The third kappa shape index (κ3) is 5.02. The van der Waals surface area contributed by atoms with Gasteiger partial charge >= 0.3 is 6.03 Å². The number of urea groups is 1. The van der Waals surface area contributed by atoms with Crippen molar-refractivity contribution >= 4 is 6.03 Å². The molecule has 1 rings (SSSR count). The highest BCUT2D eigenvalue weighted by Crippen LogP contribution is 2.22. The molecule has 4 N–H and O–H groups in total. The lowest BCUT2D eigenvalue weighted by Crippen LogP contribution is -2.42. The Balaban J connectivity index is 2.16. The van der Waals surface area contributed by atoms with E-state index in [-0.39, 0.29) is 12.1 Å². The van der Waals surface area contributed by atoms with Crippen molar-refractivity contribution in [2.45, 2.75) is 51.6 Å². The Bertz CT molecular complexity index is 206. The van der Waals surface area contributed by atoms with Crippen molar-refractivity contribution in [3.05, 3.63) is 0 Å². The fourth-order valence-electron chi connectivity index (χ4n) is 2.07. The van der Waals surface area contributed by atoms with Crippen LogP contribution in [0.25, 0.3) is 0 Å². The van der Waals surface area contributed by atoms with Crippen LogP contribution in [-0.2, 0) is 0 Å². The maximum absolute atomic E-state index is 11.3. The molecule has 1 aliphatic rings. The predicted octanol–water partition coefficient (Wildman–Crippen LogP) is 1.21. The summed E-state index contributed by atoms with van der Waals surface area (Å²) < 4.78 is 0. The fraction of sp³-hybridized carbons (Fsp3) is 0.909. The molecule has 1 saturated carbocycles. The van der Waals surface area contributed by atoms with Crippen molar-refractivity contribution in [3.63, 3.8) is 0 Å². The molecule has 0 aromatic heterocycles. The summed E-state index contributed by atoms with van der Waals surface area (Å²) >= 11 is 0. The minimum Gasteiger partial charge on any atom is -0.338 e. The number of nitrogens with one attached hydrogen (secondary N) is 2. The molecule has 15 heavy (non-hydrogen) atoms. The van der Waals surface area contributed by atoms with Crippen molar-refractivity contribution in [2.24, 2.45) is 11.7 Å². The lowest BCUT2D eigenvalue weighted by atomic mass is 9.86. The van der Waals surface area contributed by atoms with E-state index in [1.807, 2.05) is 13.8 Å². The minimum absolute atomic E-state index is 0.0656. The van der Waals surface area contributed by atoms with Crippen LogP contribution in [0, 0.1) is 5.92 Å². The third-order valence-electron chi connectivity index (χ3n) is 2.79. The Hall–Kier alpha value is -0.770. The molecule has 2 unspecified atom stereocenters. The number of hydrogen-bond donors (Lipinski definition) is 3. The number of carbonyl (C=O) groups is 1. The van der Waals surface area contributed by atoms with Gasteiger partial charge in [0.15, 0.2) is 0 Å². The molecule has 1 fully saturated rings. The quantitative estimate of drug-likeness (QED) is 0.659. The Labute approximate surface area is 92.0 Å². The molecule has 0 radical (unpaired) electrons. The highest BCUT2D eigenvalue weighted by atomic mass is 16.2. The van der Waals surface area contributed by atoms with Crippen LogP contribution < -0.4 is 16.4 Å². The summed E-state index contributed by atoms with van der Waals surface area (Å²) in [6.45, 7) is 4.67. The zero-order valence-electron chi connectivity index (χ0n) is 9.75. The monoisotopic (exact) mass is 213 g/mol. The Morgan fingerprint density at radius 2 is 2.20 bits per heavy atom. The van der Waals surface area contributed by atoms with Crippen molar-refractivity contribution in [1.82, 2.24) is 10.6 Å². The summed E-state index contributed by atoms with van der Waals surface area (Å²) in [5.41, 5.74) is 5.88. The zero-order valence-corrected chi connectivity index (χ0v) is 9.75. The van der Waals surface area contributed by atoms with Gasteiger partial charge in [0, 0.05) is 18.6 Å². The summed E-state index contributed by atoms with van der Waals surface area (Å²) in [7, 11) is 0. The first-order valence-electron chi connectivity index (χ1n) is 5.88. The first-order chi connectivity index (χ1) is 7.08. The van der Waals surface area contributed by atoms with Crippen LogP contribution in [0.5, 0.6) is 0 Å². The molecule has 4 heteroatoms. The predicted molar refractivity (Wildman–Crippen MR) is 61.6 cm³/mol. The van der Waals surface area contributed by atoms with E-state index >= 15 is 0 Å². The maximum Gasteiger partial charge on any atom is 0.314 e. The Kier molecular flexibility index (Phi) is 4.88. The molecule has 0 aromatic rings. The summed E-state index contributed by atoms with van der Waals surface area (Å²) in [5.74, 6) is 0.562. The van der Waals surface area contributed by atoms with Crippen molar-refractivity contribution in [2.75, 3.05) is 6.54 Å². The molecule has 0 aliphatic heterocycles. The van der Waals surface area contributed by atoms with Gasteiger partial charge < -0.3 is 16.4 Å². The van der Waals surface area contributed by atoms with E-state index < -0.39 is 0 Å². The summed E-state index contributed by atoms with van der Waals surface area (Å²) in [6.07, 6.45) is 4.56. The average Bonchev–Trinajstić information content (AvgIpc) is 2.14. The molecule has 88 valence electrons. The van der Waals surface area contributed by atoms with E-state index in [1.54, 1.807) is 0 Å². The normalized spacial score (nSPS) is 26.4. The van der Waals surface area contributed by atoms with Crippen LogP contribution in [0.3, 0.4) is 0 Å². The highest BCUT2D eigenvalue weighted by molar-refractivity contribution is 5.74. The van der Waals surface area contributed by atoms with E-state index in [9.17, 15) is 4.79 Å². The highest BCUT2D eigenvalue weighted by Gasteiger charge is 2.19. The smallest absolute Gasteiger partial charge is 0.314 e. The van der Waals surface area contributed by atoms with E-state index in [2.05, 4.69) is 10.6 Å². The number of rotatable bonds is 3. The molecule has 0 aromatic carbocycles. The first-order valence-corrected chi connectivity index (χ1v) is 5.88. The average molecular weight is 213 g/mol. The second kappa shape index (κ2) is 5.95.